The van der Waals surface area contributed by atoms with Gasteiger partial charge in [-0.25, -0.2) is 0 Å². The van der Waals surface area contributed by atoms with E-state index in [2.05, 4.69) is 5.32 Å². The third-order valence-corrected chi connectivity index (χ3v) is 2.89. The molecule has 0 heterocycles. The molecule has 0 aliphatic rings. The van der Waals surface area contributed by atoms with Gasteiger partial charge in [0.05, 0.1) is 6.10 Å². The van der Waals surface area contributed by atoms with Crippen molar-refractivity contribution in [1.82, 2.24) is 5.32 Å². The zero-order chi connectivity index (χ0) is 13.2. The van der Waals surface area contributed by atoms with Gasteiger partial charge in [0, 0.05) is 22.7 Å². The molecule has 0 aliphatic carbocycles. The molecule has 1 aromatic carbocycles. The van der Waals surface area contributed by atoms with Crippen molar-refractivity contribution in [2.75, 3.05) is 13.6 Å². The molecule has 17 heavy (non-hydrogen) atoms. The molecule has 4 heteroatoms. The maximum Gasteiger partial charge on any atom is 0.125 e. The first-order chi connectivity index (χ1) is 7.77. The number of rotatable bonds is 3. The zero-order valence-corrected chi connectivity index (χ0v) is 11.5. The lowest BCUT2D eigenvalue weighted by molar-refractivity contribution is 0.173. The van der Waals surface area contributed by atoms with E-state index in [1.165, 1.54) is 0 Å². The molecule has 3 nitrogen and oxygen atoms in total. The molecule has 3 N–H and O–H groups in total. The van der Waals surface area contributed by atoms with Crippen molar-refractivity contribution in [2.45, 2.75) is 32.3 Å². The highest BCUT2D eigenvalue weighted by Gasteiger charge is 2.23. The molecule has 0 saturated heterocycles. The normalized spacial score (nSPS) is 13.8. The van der Waals surface area contributed by atoms with Crippen LogP contribution in [0.2, 0.25) is 5.02 Å². The average molecular weight is 258 g/mol. The number of halogens is 1. The van der Waals surface area contributed by atoms with Crippen molar-refractivity contribution < 1.29 is 10.2 Å². The van der Waals surface area contributed by atoms with Gasteiger partial charge in [-0.05, 0) is 24.6 Å². The fourth-order valence-corrected chi connectivity index (χ4v) is 1.98. The summed E-state index contributed by atoms with van der Waals surface area (Å²) in [7, 11) is 1.75. The quantitative estimate of drug-likeness (QED) is 0.780. The number of aliphatic hydroxyl groups is 1. The zero-order valence-electron chi connectivity index (χ0n) is 10.7. The first-order valence-corrected chi connectivity index (χ1v) is 6.00. The van der Waals surface area contributed by atoms with Gasteiger partial charge in [-0.1, -0.05) is 32.4 Å². The van der Waals surface area contributed by atoms with E-state index in [1.807, 2.05) is 20.8 Å². The summed E-state index contributed by atoms with van der Waals surface area (Å²) in [5.74, 6) is 0.129. The van der Waals surface area contributed by atoms with Crippen LogP contribution in [-0.4, -0.2) is 23.8 Å². The van der Waals surface area contributed by atoms with Crippen LogP contribution < -0.4 is 5.32 Å². The summed E-state index contributed by atoms with van der Waals surface area (Å²) in [4.78, 5) is 0. The molecule has 96 valence electrons. The molecule has 0 bridgehead atoms. The largest absolute Gasteiger partial charge is 0.507 e. The second-order valence-corrected chi connectivity index (χ2v) is 5.65. The number of benzene rings is 1. The van der Waals surface area contributed by atoms with Crippen molar-refractivity contribution in [1.29, 1.82) is 0 Å². The second kappa shape index (κ2) is 5.25. The van der Waals surface area contributed by atoms with Crippen LogP contribution in [0.5, 0.6) is 5.75 Å². The molecule has 1 rings (SSSR count). The van der Waals surface area contributed by atoms with Gasteiger partial charge in [0.25, 0.3) is 0 Å². The Balaban J connectivity index is 3.28. The number of aromatic hydroxyl groups is 1. The Morgan fingerprint density at radius 3 is 2.41 bits per heavy atom. The molecule has 1 unspecified atom stereocenters. The van der Waals surface area contributed by atoms with Gasteiger partial charge in [-0.3, -0.25) is 0 Å². The van der Waals surface area contributed by atoms with Crippen molar-refractivity contribution in [3.63, 3.8) is 0 Å². The fourth-order valence-electron chi connectivity index (χ4n) is 1.75. The van der Waals surface area contributed by atoms with Crippen LogP contribution in [-0.2, 0) is 5.41 Å². The molecule has 1 atom stereocenters. The molecule has 0 radical (unpaired) electrons. The fraction of sp³-hybridized carbons (Fsp3) is 0.538. The van der Waals surface area contributed by atoms with E-state index in [0.29, 0.717) is 17.1 Å². The Morgan fingerprint density at radius 2 is 1.94 bits per heavy atom. The first kappa shape index (κ1) is 14.3. The highest BCUT2D eigenvalue weighted by molar-refractivity contribution is 6.30. The SMILES string of the molecule is CNCC(O)c1cc(Cl)cc(C(C)(C)C)c1O. The minimum Gasteiger partial charge on any atom is -0.507 e. The molecular formula is C13H20ClNO2. The number of phenols is 1. The minimum atomic E-state index is -0.764. The first-order valence-electron chi connectivity index (χ1n) is 5.63. The molecule has 0 aromatic heterocycles. The van der Waals surface area contributed by atoms with E-state index in [-0.39, 0.29) is 11.2 Å². The Labute approximate surface area is 107 Å². The smallest absolute Gasteiger partial charge is 0.125 e. The summed E-state index contributed by atoms with van der Waals surface area (Å²) in [6.07, 6.45) is -0.764. The van der Waals surface area contributed by atoms with Crippen LogP contribution in [0.1, 0.15) is 38.0 Å². The van der Waals surface area contributed by atoms with Gasteiger partial charge < -0.3 is 15.5 Å². The van der Waals surface area contributed by atoms with E-state index >= 15 is 0 Å². The van der Waals surface area contributed by atoms with E-state index < -0.39 is 6.10 Å². The Morgan fingerprint density at radius 1 is 1.35 bits per heavy atom. The monoisotopic (exact) mass is 257 g/mol. The van der Waals surface area contributed by atoms with Gasteiger partial charge in [-0.2, -0.15) is 0 Å². The lowest BCUT2D eigenvalue weighted by Crippen LogP contribution is -2.18. The summed E-state index contributed by atoms with van der Waals surface area (Å²) in [5, 5.41) is 23.5. The van der Waals surface area contributed by atoms with Crippen molar-refractivity contribution >= 4 is 11.6 Å². The van der Waals surface area contributed by atoms with E-state index in [1.54, 1.807) is 19.2 Å². The van der Waals surface area contributed by atoms with Crippen molar-refractivity contribution in [2.24, 2.45) is 0 Å². The van der Waals surface area contributed by atoms with E-state index in [0.717, 1.165) is 5.56 Å². The highest BCUT2D eigenvalue weighted by Crippen LogP contribution is 2.38. The van der Waals surface area contributed by atoms with Crippen molar-refractivity contribution in [3.05, 3.63) is 28.3 Å². The Hall–Kier alpha value is -0.770. The molecule has 1 aromatic rings. The lowest BCUT2D eigenvalue weighted by Gasteiger charge is -2.24. The maximum absolute atomic E-state index is 10.2. The topological polar surface area (TPSA) is 52.5 Å². The van der Waals surface area contributed by atoms with Crippen molar-refractivity contribution in [3.8, 4) is 5.75 Å². The van der Waals surface area contributed by atoms with Gasteiger partial charge in [-0.15, -0.1) is 0 Å². The summed E-state index contributed by atoms with van der Waals surface area (Å²) < 4.78 is 0. The number of phenolic OH excluding ortho intramolecular Hbond substituents is 1. The number of likely N-dealkylation sites (N-methyl/N-ethyl adjacent to an activating group) is 1. The summed E-state index contributed by atoms with van der Waals surface area (Å²) in [5.41, 5.74) is 0.996. The van der Waals surface area contributed by atoms with Gasteiger partial charge in [0.2, 0.25) is 0 Å². The lowest BCUT2D eigenvalue weighted by atomic mass is 9.84. The number of nitrogens with one attached hydrogen (secondary N) is 1. The second-order valence-electron chi connectivity index (χ2n) is 5.21. The molecule has 0 saturated carbocycles. The summed E-state index contributed by atoms with van der Waals surface area (Å²) in [6.45, 7) is 6.35. The van der Waals surface area contributed by atoms with Gasteiger partial charge >= 0.3 is 0 Å². The van der Waals surface area contributed by atoms with Crippen LogP contribution in [0, 0.1) is 0 Å². The van der Waals surface area contributed by atoms with Crippen LogP contribution in [0.15, 0.2) is 12.1 Å². The third-order valence-electron chi connectivity index (χ3n) is 2.67. The van der Waals surface area contributed by atoms with E-state index in [4.69, 9.17) is 11.6 Å². The van der Waals surface area contributed by atoms with Crippen LogP contribution >= 0.6 is 11.6 Å². The molecule has 0 spiro atoms. The maximum atomic E-state index is 10.2. The predicted molar refractivity (Wildman–Crippen MR) is 70.7 cm³/mol. The highest BCUT2D eigenvalue weighted by atomic mass is 35.5. The van der Waals surface area contributed by atoms with Crippen LogP contribution in [0.4, 0.5) is 0 Å². The average Bonchev–Trinajstić information content (AvgIpc) is 2.19. The van der Waals surface area contributed by atoms with Crippen LogP contribution in [0.3, 0.4) is 0 Å². The van der Waals surface area contributed by atoms with Crippen LogP contribution in [0.25, 0.3) is 0 Å². The number of hydrogen-bond donors (Lipinski definition) is 3. The third kappa shape index (κ3) is 3.35. The number of hydrogen-bond acceptors (Lipinski definition) is 3. The molecule has 0 fully saturated rings. The number of aliphatic hydroxyl groups excluding tert-OH is 1. The Bertz CT molecular complexity index is 399. The van der Waals surface area contributed by atoms with Gasteiger partial charge in [0.1, 0.15) is 5.75 Å². The summed E-state index contributed by atoms with van der Waals surface area (Å²) in [6, 6.07) is 3.35. The standard InChI is InChI=1S/C13H20ClNO2/c1-13(2,3)10-6-8(14)5-9(12(10)17)11(16)7-15-4/h5-6,11,15-17H,7H2,1-4H3. The predicted octanol–water partition coefficient (Wildman–Crippen LogP) is 2.60. The molecule has 0 amide bonds. The van der Waals surface area contributed by atoms with Gasteiger partial charge in [0.15, 0.2) is 0 Å². The Kier molecular flexibility index (Phi) is 4.42. The molecule has 0 aliphatic heterocycles. The molecular weight excluding hydrogens is 238 g/mol. The minimum absolute atomic E-state index is 0.129. The summed E-state index contributed by atoms with van der Waals surface area (Å²) >= 11 is 6.03. The van der Waals surface area contributed by atoms with E-state index in [9.17, 15) is 10.2 Å².